The van der Waals surface area contributed by atoms with Gasteiger partial charge in [0.1, 0.15) is 11.5 Å². The summed E-state index contributed by atoms with van der Waals surface area (Å²) in [6, 6.07) is 12.8. The highest BCUT2D eigenvalue weighted by Gasteiger charge is 2.19. The molecule has 0 radical (unpaired) electrons. The van der Waals surface area contributed by atoms with Gasteiger partial charge in [-0.3, -0.25) is 4.79 Å². The molecule has 146 valence electrons. The molecule has 1 aromatic heterocycles. The first-order chi connectivity index (χ1) is 13.4. The van der Waals surface area contributed by atoms with Crippen molar-refractivity contribution >= 4 is 29.1 Å². The Morgan fingerprint density at radius 1 is 1.14 bits per heavy atom. The summed E-state index contributed by atoms with van der Waals surface area (Å²) in [6.07, 6.45) is 0.854. The zero-order valence-electron chi connectivity index (χ0n) is 15.5. The largest absolute Gasteiger partial charge is 0.351 e. The molecular formula is C21H20Cl2FN3O. The number of benzene rings is 2. The molecule has 0 aliphatic rings. The highest BCUT2D eigenvalue weighted by atomic mass is 35.5. The van der Waals surface area contributed by atoms with E-state index in [9.17, 15) is 9.18 Å². The summed E-state index contributed by atoms with van der Waals surface area (Å²) in [5.41, 5.74) is 1.53. The minimum absolute atomic E-state index is 0.290. The summed E-state index contributed by atoms with van der Waals surface area (Å²) in [5, 5.41) is 8.09. The van der Waals surface area contributed by atoms with Crippen LogP contribution >= 0.6 is 23.2 Å². The van der Waals surface area contributed by atoms with Crippen LogP contribution in [0.15, 0.2) is 48.5 Å². The summed E-state index contributed by atoms with van der Waals surface area (Å²) in [5.74, 6) is -0.232. The quantitative estimate of drug-likeness (QED) is 0.551. The van der Waals surface area contributed by atoms with Crippen LogP contribution in [0.1, 0.15) is 30.8 Å². The molecule has 0 aliphatic carbocycles. The van der Waals surface area contributed by atoms with Gasteiger partial charge in [-0.1, -0.05) is 49.2 Å². The third-order valence-corrected chi connectivity index (χ3v) is 4.99. The van der Waals surface area contributed by atoms with E-state index in [2.05, 4.69) is 24.3 Å². The van der Waals surface area contributed by atoms with Gasteiger partial charge in [0.05, 0.1) is 21.4 Å². The van der Waals surface area contributed by atoms with E-state index in [-0.39, 0.29) is 5.91 Å². The van der Waals surface area contributed by atoms with E-state index < -0.39 is 5.82 Å². The number of rotatable bonds is 6. The van der Waals surface area contributed by atoms with Gasteiger partial charge in [0.25, 0.3) is 5.91 Å². The van der Waals surface area contributed by atoms with Crippen LogP contribution in [-0.2, 0) is 0 Å². The average Bonchev–Trinajstić information content (AvgIpc) is 3.09. The number of halogens is 3. The van der Waals surface area contributed by atoms with Gasteiger partial charge in [0, 0.05) is 12.1 Å². The van der Waals surface area contributed by atoms with Gasteiger partial charge < -0.3 is 5.32 Å². The predicted molar refractivity (Wildman–Crippen MR) is 111 cm³/mol. The van der Waals surface area contributed by atoms with Crippen LogP contribution in [0.3, 0.4) is 0 Å². The van der Waals surface area contributed by atoms with Crippen LogP contribution in [0.2, 0.25) is 10.0 Å². The molecule has 0 atom stereocenters. The summed E-state index contributed by atoms with van der Waals surface area (Å²) in [6.45, 7) is 4.71. The molecule has 1 N–H and O–H groups in total. The fraction of sp³-hybridized carbons (Fsp3) is 0.238. The highest BCUT2D eigenvalue weighted by Crippen LogP contribution is 2.28. The minimum Gasteiger partial charge on any atom is -0.351 e. The summed E-state index contributed by atoms with van der Waals surface area (Å²) in [7, 11) is 0. The third-order valence-electron chi connectivity index (χ3n) is 4.25. The molecule has 0 spiro atoms. The van der Waals surface area contributed by atoms with Gasteiger partial charge in [-0.2, -0.15) is 5.10 Å². The second-order valence-electron chi connectivity index (χ2n) is 6.84. The van der Waals surface area contributed by atoms with Crippen molar-refractivity contribution in [3.63, 3.8) is 0 Å². The van der Waals surface area contributed by atoms with Gasteiger partial charge in [-0.05, 0) is 48.7 Å². The Bertz CT molecular complexity index is 1000. The fourth-order valence-corrected chi connectivity index (χ4v) is 3.01. The lowest BCUT2D eigenvalue weighted by atomic mass is 10.1. The van der Waals surface area contributed by atoms with Crippen molar-refractivity contribution in [2.75, 3.05) is 6.54 Å². The molecule has 7 heteroatoms. The van der Waals surface area contributed by atoms with E-state index in [0.29, 0.717) is 45.1 Å². The number of amides is 1. The Kier molecular flexibility index (Phi) is 6.37. The average molecular weight is 420 g/mol. The molecule has 0 aliphatic heterocycles. The molecule has 0 saturated carbocycles. The molecule has 4 nitrogen and oxygen atoms in total. The SMILES string of the molecule is CC(C)CCNC(=O)c1cc(-c2ccccc2F)nn1-c1ccc(Cl)c(Cl)c1. The Labute approximate surface area is 173 Å². The lowest BCUT2D eigenvalue weighted by Crippen LogP contribution is -2.27. The molecule has 0 bridgehead atoms. The second-order valence-corrected chi connectivity index (χ2v) is 7.66. The number of hydrogen-bond acceptors (Lipinski definition) is 2. The molecular weight excluding hydrogens is 400 g/mol. The van der Waals surface area contributed by atoms with E-state index in [0.717, 1.165) is 6.42 Å². The maximum Gasteiger partial charge on any atom is 0.270 e. The van der Waals surface area contributed by atoms with Crippen LogP contribution in [0, 0.1) is 11.7 Å². The number of nitrogens with zero attached hydrogens (tertiary/aromatic N) is 2. The maximum absolute atomic E-state index is 14.2. The summed E-state index contributed by atoms with van der Waals surface area (Å²) in [4.78, 5) is 12.8. The highest BCUT2D eigenvalue weighted by molar-refractivity contribution is 6.42. The zero-order valence-corrected chi connectivity index (χ0v) is 17.1. The maximum atomic E-state index is 14.2. The number of carbonyl (C=O) groups is 1. The Morgan fingerprint density at radius 3 is 2.57 bits per heavy atom. The molecule has 3 aromatic rings. The molecule has 28 heavy (non-hydrogen) atoms. The first kappa shape index (κ1) is 20.4. The van der Waals surface area contributed by atoms with Crippen molar-refractivity contribution in [2.24, 2.45) is 5.92 Å². The van der Waals surface area contributed by atoms with Crippen LogP contribution in [0.5, 0.6) is 0 Å². The normalized spacial score (nSPS) is 11.1. The topological polar surface area (TPSA) is 46.9 Å². The Morgan fingerprint density at radius 2 is 1.89 bits per heavy atom. The number of aromatic nitrogens is 2. The molecule has 0 saturated heterocycles. The Hall–Kier alpha value is -2.37. The van der Waals surface area contributed by atoms with E-state index in [1.54, 1.807) is 42.5 Å². The number of nitrogens with one attached hydrogen (secondary N) is 1. The molecule has 0 unspecified atom stereocenters. The van der Waals surface area contributed by atoms with Gasteiger partial charge in [-0.25, -0.2) is 9.07 Å². The standard InChI is InChI=1S/C21H20Cl2FN3O/c1-13(2)9-10-25-21(28)20-12-19(15-5-3-4-6-18(15)24)26-27(20)14-7-8-16(22)17(23)11-14/h3-8,11-13H,9-10H2,1-2H3,(H,25,28). The van der Waals surface area contributed by atoms with Crippen molar-refractivity contribution in [1.29, 1.82) is 0 Å². The smallest absolute Gasteiger partial charge is 0.270 e. The van der Waals surface area contributed by atoms with E-state index in [1.165, 1.54) is 10.7 Å². The van der Waals surface area contributed by atoms with Crippen molar-refractivity contribution in [3.8, 4) is 16.9 Å². The van der Waals surface area contributed by atoms with E-state index in [4.69, 9.17) is 23.2 Å². The molecule has 2 aromatic carbocycles. The van der Waals surface area contributed by atoms with Crippen molar-refractivity contribution < 1.29 is 9.18 Å². The Balaban J connectivity index is 2.04. The van der Waals surface area contributed by atoms with Crippen LogP contribution in [0.25, 0.3) is 16.9 Å². The number of hydrogen-bond donors (Lipinski definition) is 1. The molecule has 0 fully saturated rings. The second kappa shape index (κ2) is 8.76. The lowest BCUT2D eigenvalue weighted by Gasteiger charge is -2.10. The first-order valence-electron chi connectivity index (χ1n) is 8.95. The van der Waals surface area contributed by atoms with Crippen molar-refractivity contribution in [3.05, 3.63) is 70.1 Å². The molecule has 1 heterocycles. The van der Waals surface area contributed by atoms with Gasteiger partial charge >= 0.3 is 0 Å². The van der Waals surface area contributed by atoms with Crippen molar-refractivity contribution in [2.45, 2.75) is 20.3 Å². The van der Waals surface area contributed by atoms with Gasteiger partial charge in [-0.15, -0.1) is 0 Å². The molecule has 3 rings (SSSR count). The third kappa shape index (κ3) is 4.54. The van der Waals surface area contributed by atoms with Crippen LogP contribution in [-0.4, -0.2) is 22.2 Å². The van der Waals surface area contributed by atoms with Gasteiger partial charge in [0.2, 0.25) is 0 Å². The fourth-order valence-electron chi connectivity index (χ4n) is 2.72. The minimum atomic E-state index is -0.409. The number of carbonyl (C=O) groups excluding carboxylic acids is 1. The zero-order chi connectivity index (χ0) is 20.3. The first-order valence-corrected chi connectivity index (χ1v) is 9.71. The lowest BCUT2D eigenvalue weighted by molar-refractivity contribution is 0.0944. The van der Waals surface area contributed by atoms with E-state index >= 15 is 0 Å². The molecule has 1 amide bonds. The van der Waals surface area contributed by atoms with Crippen molar-refractivity contribution in [1.82, 2.24) is 15.1 Å². The van der Waals surface area contributed by atoms with Crippen LogP contribution in [0.4, 0.5) is 4.39 Å². The summed E-state index contributed by atoms with van der Waals surface area (Å²) < 4.78 is 15.7. The van der Waals surface area contributed by atoms with Gasteiger partial charge in [0.15, 0.2) is 0 Å². The van der Waals surface area contributed by atoms with Crippen LogP contribution < -0.4 is 5.32 Å². The summed E-state index contributed by atoms with van der Waals surface area (Å²) >= 11 is 12.1. The predicted octanol–water partition coefficient (Wildman–Crippen LogP) is 5.76. The van der Waals surface area contributed by atoms with E-state index in [1.807, 2.05) is 0 Å². The monoisotopic (exact) mass is 419 g/mol.